The van der Waals surface area contributed by atoms with Crippen LogP contribution in [-0.2, 0) is 4.57 Å². The molecular weight excluding hydrogens is 395 g/mol. The van der Waals surface area contributed by atoms with E-state index in [0.29, 0.717) is 11.5 Å². The molecule has 0 aliphatic rings. The molecule has 0 radical (unpaired) electrons. The largest absolute Gasteiger partial charge is 0.427 e. The molecule has 0 fully saturated rings. The molecule has 0 aliphatic heterocycles. The predicted molar refractivity (Wildman–Crippen MR) is 83.1 cm³/mol. The zero-order valence-electron chi connectivity index (χ0n) is 10.0. The summed E-state index contributed by atoms with van der Waals surface area (Å²) in [5.41, 5.74) is 0. The SMILES string of the molecule is CP(=O)(Oc1ccc(Br)cc1)Oc1ccc(Br)cc1. The summed E-state index contributed by atoms with van der Waals surface area (Å²) in [6.07, 6.45) is 0. The van der Waals surface area contributed by atoms with Gasteiger partial charge in [-0.15, -0.1) is 0 Å². The van der Waals surface area contributed by atoms with E-state index in [1.54, 1.807) is 24.3 Å². The molecule has 0 aliphatic carbocycles. The lowest BCUT2D eigenvalue weighted by Gasteiger charge is -2.16. The second kappa shape index (κ2) is 6.12. The minimum atomic E-state index is -3.20. The molecule has 0 heterocycles. The Bertz CT molecular complexity index is 545. The van der Waals surface area contributed by atoms with Gasteiger partial charge in [0.25, 0.3) is 0 Å². The number of hydrogen-bond donors (Lipinski definition) is 0. The molecule has 2 rings (SSSR count). The Hall–Kier alpha value is -0.770. The second-order valence-corrected chi connectivity index (χ2v) is 7.60. The maximum Gasteiger partial charge on any atom is 0.427 e. The van der Waals surface area contributed by atoms with Crippen molar-refractivity contribution in [1.82, 2.24) is 0 Å². The molecule has 0 N–H and O–H groups in total. The Morgan fingerprint density at radius 1 is 0.789 bits per heavy atom. The van der Waals surface area contributed by atoms with Gasteiger partial charge in [0.1, 0.15) is 11.5 Å². The van der Waals surface area contributed by atoms with Crippen LogP contribution in [0.15, 0.2) is 57.5 Å². The summed E-state index contributed by atoms with van der Waals surface area (Å²) >= 11 is 6.65. The lowest BCUT2D eigenvalue weighted by atomic mass is 10.3. The number of rotatable bonds is 4. The van der Waals surface area contributed by atoms with Gasteiger partial charge in [-0.1, -0.05) is 31.9 Å². The first kappa shape index (κ1) is 14.6. The minimum absolute atomic E-state index is 0.506. The summed E-state index contributed by atoms with van der Waals surface area (Å²) in [5.74, 6) is 1.01. The average Bonchev–Trinajstić information content (AvgIpc) is 2.34. The van der Waals surface area contributed by atoms with Crippen LogP contribution < -0.4 is 9.05 Å². The van der Waals surface area contributed by atoms with Crippen LogP contribution in [0.2, 0.25) is 0 Å². The maximum atomic E-state index is 12.3. The van der Waals surface area contributed by atoms with Crippen molar-refractivity contribution in [3.8, 4) is 11.5 Å². The van der Waals surface area contributed by atoms with Gasteiger partial charge in [-0.3, -0.25) is 0 Å². The van der Waals surface area contributed by atoms with E-state index in [1.165, 1.54) is 6.66 Å². The summed E-state index contributed by atoms with van der Waals surface area (Å²) in [4.78, 5) is 0. The molecule has 0 saturated heterocycles. The highest BCUT2D eigenvalue weighted by atomic mass is 79.9. The van der Waals surface area contributed by atoms with Gasteiger partial charge in [-0.05, 0) is 48.5 Å². The molecule has 0 saturated carbocycles. The molecule has 6 heteroatoms. The third-order valence-corrected chi connectivity index (χ3v) is 4.31. The first-order chi connectivity index (χ1) is 8.94. The number of benzene rings is 2. The highest BCUT2D eigenvalue weighted by molar-refractivity contribution is 9.10. The Labute approximate surface area is 128 Å². The molecule has 0 amide bonds. The van der Waals surface area contributed by atoms with Crippen LogP contribution >= 0.6 is 39.5 Å². The van der Waals surface area contributed by atoms with Crippen LogP contribution in [0, 0.1) is 0 Å². The zero-order chi connectivity index (χ0) is 13.9. The molecule has 0 spiro atoms. The average molecular weight is 406 g/mol. The van der Waals surface area contributed by atoms with Crippen molar-refractivity contribution in [2.24, 2.45) is 0 Å². The van der Waals surface area contributed by atoms with Gasteiger partial charge in [0.05, 0.1) is 6.66 Å². The van der Waals surface area contributed by atoms with E-state index < -0.39 is 7.60 Å². The van der Waals surface area contributed by atoms with Crippen molar-refractivity contribution < 1.29 is 13.6 Å². The van der Waals surface area contributed by atoms with Crippen LogP contribution in [0.3, 0.4) is 0 Å². The summed E-state index contributed by atoms with van der Waals surface area (Å²) in [7, 11) is -3.20. The van der Waals surface area contributed by atoms with Crippen molar-refractivity contribution in [1.29, 1.82) is 0 Å². The van der Waals surface area contributed by atoms with Crippen molar-refractivity contribution in [2.45, 2.75) is 0 Å². The van der Waals surface area contributed by atoms with E-state index in [2.05, 4.69) is 31.9 Å². The zero-order valence-corrected chi connectivity index (χ0v) is 14.1. The summed E-state index contributed by atoms with van der Waals surface area (Å²) in [6.45, 7) is 1.44. The predicted octanol–water partition coefficient (Wildman–Crippen LogP) is 5.49. The van der Waals surface area contributed by atoms with E-state index in [4.69, 9.17) is 9.05 Å². The lowest BCUT2D eigenvalue weighted by molar-refractivity contribution is 0.393. The summed E-state index contributed by atoms with van der Waals surface area (Å²) < 4.78 is 24.9. The van der Waals surface area contributed by atoms with Crippen LogP contribution in [0.4, 0.5) is 0 Å². The smallest absolute Gasteiger partial charge is 0.416 e. The van der Waals surface area contributed by atoms with Crippen LogP contribution in [0.5, 0.6) is 11.5 Å². The highest BCUT2D eigenvalue weighted by Crippen LogP contribution is 2.45. The Kier molecular flexibility index (Phi) is 4.71. The minimum Gasteiger partial charge on any atom is -0.416 e. The van der Waals surface area contributed by atoms with Gasteiger partial charge in [0.2, 0.25) is 0 Å². The second-order valence-electron chi connectivity index (χ2n) is 3.86. The molecule has 2 aromatic rings. The van der Waals surface area contributed by atoms with Crippen molar-refractivity contribution in [3.63, 3.8) is 0 Å². The monoisotopic (exact) mass is 404 g/mol. The normalized spacial score (nSPS) is 11.1. The molecule has 0 unspecified atom stereocenters. The molecule has 3 nitrogen and oxygen atoms in total. The fraction of sp³-hybridized carbons (Fsp3) is 0.0769. The Morgan fingerprint density at radius 3 is 1.42 bits per heavy atom. The third kappa shape index (κ3) is 4.68. The van der Waals surface area contributed by atoms with E-state index in [0.717, 1.165) is 8.95 Å². The summed E-state index contributed by atoms with van der Waals surface area (Å²) in [6, 6.07) is 14.2. The van der Waals surface area contributed by atoms with E-state index >= 15 is 0 Å². The van der Waals surface area contributed by atoms with Crippen molar-refractivity contribution in [2.75, 3.05) is 6.66 Å². The standard InChI is InChI=1S/C13H11Br2O3P/c1-19(16,17-12-6-2-10(14)3-7-12)18-13-8-4-11(15)5-9-13/h2-9H,1H3. The maximum absolute atomic E-state index is 12.3. The molecule has 0 atom stereocenters. The van der Waals surface area contributed by atoms with Crippen molar-refractivity contribution >= 4 is 39.5 Å². The first-order valence-corrected chi connectivity index (χ1v) is 9.00. The fourth-order valence-corrected chi connectivity index (χ4v) is 2.97. The topological polar surface area (TPSA) is 35.5 Å². The lowest BCUT2D eigenvalue weighted by Crippen LogP contribution is -1.98. The number of halogens is 2. The Morgan fingerprint density at radius 2 is 1.11 bits per heavy atom. The molecule has 19 heavy (non-hydrogen) atoms. The van der Waals surface area contributed by atoms with E-state index in [9.17, 15) is 4.57 Å². The van der Waals surface area contributed by atoms with Gasteiger partial charge in [-0.2, -0.15) is 0 Å². The van der Waals surface area contributed by atoms with Crippen molar-refractivity contribution in [3.05, 3.63) is 57.5 Å². The van der Waals surface area contributed by atoms with E-state index in [1.807, 2.05) is 24.3 Å². The third-order valence-electron chi connectivity index (χ3n) is 2.17. The van der Waals surface area contributed by atoms with Gasteiger partial charge < -0.3 is 9.05 Å². The van der Waals surface area contributed by atoms with Gasteiger partial charge in [-0.25, -0.2) is 4.57 Å². The first-order valence-electron chi connectivity index (χ1n) is 5.42. The van der Waals surface area contributed by atoms with Gasteiger partial charge in [0.15, 0.2) is 0 Å². The van der Waals surface area contributed by atoms with E-state index in [-0.39, 0.29) is 0 Å². The molecule has 100 valence electrons. The fourth-order valence-electron chi connectivity index (χ4n) is 1.39. The molecule has 0 bridgehead atoms. The van der Waals surface area contributed by atoms with Gasteiger partial charge >= 0.3 is 7.60 Å². The van der Waals surface area contributed by atoms with Crippen LogP contribution in [0.25, 0.3) is 0 Å². The number of hydrogen-bond acceptors (Lipinski definition) is 3. The quantitative estimate of drug-likeness (QED) is 0.630. The van der Waals surface area contributed by atoms with Crippen LogP contribution in [-0.4, -0.2) is 6.66 Å². The Balaban J connectivity index is 2.08. The highest BCUT2D eigenvalue weighted by Gasteiger charge is 2.20. The summed E-state index contributed by atoms with van der Waals surface area (Å²) in [5, 5.41) is 0. The molecule has 0 aromatic heterocycles. The molecular formula is C13H11Br2O3P. The molecule has 2 aromatic carbocycles. The van der Waals surface area contributed by atoms with Crippen LogP contribution in [0.1, 0.15) is 0 Å². The van der Waals surface area contributed by atoms with Gasteiger partial charge in [0, 0.05) is 8.95 Å².